The van der Waals surface area contributed by atoms with E-state index in [0.717, 1.165) is 110 Å². The minimum Gasteiger partial charge on any atom is -0.370 e. The number of imide groups is 1. The number of aromatic nitrogens is 3. The Morgan fingerprint density at radius 1 is 0.852 bits per heavy atom. The number of carbonyl (C=O) groups excluding carboxylic acids is 2. The molecule has 3 amide bonds. The first-order chi connectivity index (χ1) is 26.4. The van der Waals surface area contributed by atoms with Gasteiger partial charge in [0.05, 0.1) is 33.0 Å². The Morgan fingerprint density at radius 3 is 2.39 bits per heavy atom. The van der Waals surface area contributed by atoms with Crippen molar-refractivity contribution in [2.75, 3.05) is 67.1 Å². The highest BCUT2D eigenvalue weighted by atomic mass is 35.5. The van der Waals surface area contributed by atoms with Crippen LogP contribution >= 0.6 is 11.6 Å². The van der Waals surface area contributed by atoms with Gasteiger partial charge >= 0.3 is 6.03 Å². The monoisotopic (exact) mass is 743 g/mol. The maximum absolute atomic E-state index is 12.6. The van der Waals surface area contributed by atoms with Crippen LogP contribution in [0.4, 0.5) is 22.0 Å². The number of rotatable bonds is 7. The number of pyridine rings is 1. The summed E-state index contributed by atoms with van der Waals surface area (Å²) >= 11 is 6.45. The summed E-state index contributed by atoms with van der Waals surface area (Å²) in [6.07, 6.45) is 13.1. The molecule has 7 heterocycles. The fraction of sp³-hybridized carbons (Fsp3) is 0.429. The van der Waals surface area contributed by atoms with E-state index in [1.165, 1.54) is 18.4 Å². The summed E-state index contributed by atoms with van der Waals surface area (Å²) in [5.74, 6) is 2.08. The highest BCUT2D eigenvalue weighted by Crippen LogP contribution is 2.38. The van der Waals surface area contributed by atoms with Crippen molar-refractivity contribution >= 4 is 62.5 Å². The first-order valence-electron chi connectivity index (χ1n) is 19.5. The van der Waals surface area contributed by atoms with Crippen LogP contribution < -0.4 is 20.0 Å². The van der Waals surface area contributed by atoms with Crippen molar-refractivity contribution in [2.45, 2.75) is 56.9 Å². The van der Waals surface area contributed by atoms with Crippen LogP contribution in [0.2, 0.25) is 5.02 Å². The van der Waals surface area contributed by atoms with Gasteiger partial charge in [0.2, 0.25) is 5.91 Å². The van der Waals surface area contributed by atoms with Gasteiger partial charge in [-0.05, 0) is 92.3 Å². The minimum atomic E-state index is -0.338. The Labute approximate surface area is 320 Å². The number of aromatic amines is 1. The molecule has 4 aliphatic heterocycles. The molecule has 12 heteroatoms. The third-order valence-electron chi connectivity index (χ3n) is 12.5. The van der Waals surface area contributed by atoms with Crippen LogP contribution in [0.3, 0.4) is 0 Å². The van der Waals surface area contributed by atoms with Gasteiger partial charge in [-0.3, -0.25) is 15.0 Å². The minimum absolute atomic E-state index is 0.211. The lowest BCUT2D eigenvalue weighted by molar-refractivity contribution is -0.120. The molecule has 4 aliphatic rings. The molecule has 0 saturated carbocycles. The van der Waals surface area contributed by atoms with Gasteiger partial charge in [0.1, 0.15) is 11.9 Å². The summed E-state index contributed by atoms with van der Waals surface area (Å²) in [5.41, 5.74) is 5.99. The molecule has 0 bridgehead atoms. The first kappa shape index (κ1) is 34.7. The number of likely N-dealkylation sites (tertiary alicyclic amines) is 1. The number of amides is 3. The lowest BCUT2D eigenvalue weighted by Gasteiger charge is -2.38. The second-order valence-corrected chi connectivity index (χ2v) is 15.9. The van der Waals surface area contributed by atoms with Crippen molar-refractivity contribution in [1.82, 2.24) is 24.8 Å². The second-order valence-electron chi connectivity index (χ2n) is 15.5. The Hall–Kier alpha value is -5.05. The van der Waals surface area contributed by atoms with E-state index in [-0.39, 0.29) is 11.9 Å². The fourth-order valence-corrected chi connectivity index (χ4v) is 9.69. The molecular formula is C42H46ClN9O2. The van der Waals surface area contributed by atoms with Crippen LogP contribution in [0.1, 0.15) is 68.0 Å². The number of hydrogen-bond donors (Lipinski definition) is 2. The van der Waals surface area contributed by atoms with Crippen molar-refractivity contribution < 1.29 is 9.59 Å². The van der Waals surface area contributed by atoms with Gasteiger partial charge < -0.3 is 24.3 Å². The van der Waals surface area contributed by atoms with Gasteiger partial charge in [0.15, 0.2) is 0 Å². The molecule has 9 rings (SSSR count). The molecule has 54 heavy (non-hydrogen) atoms. The molecule has 2 N–H and O–H groups in total. The second kappa shape index (κ2) is 14.6. The summed E-state index contributed by atoms with van der Waals surface area (Å²) in [6.45, 7) is 7.77. The predicted octanol–water partition coefficient (Wildman–Crippen LogP) is 7.43. The number of piperidine rings is 3. The number of nitrogens with zero attached hydrogens (tertiary/aromatic N) is 7. The average molecular weight is 744 g/mol. The van der Waals surface area contributed by atoms with E-state index in [1.54, 1.807) is 11.1 Å². The van der Waals surface area contributed by atoms with Crippen LogP contribution in [0.25, 0.3) is 21.8 Å². The molecule has 11 nitrogen and oxygen atoms in total. The molecule has 0 aliphatic carbocycles. The summed E-state index contributed by atoms with van der Waals surface area (Å²) in [6, 6.07) is 19.1. The predicted molar refractivity (Wildman–Crippen MR) is 214 cm³/mol. The van der Waals surface area contributed by atoms with Gasteiger partial charge in [0.25, 0.3) is 0 Å². The van der Waals surface area contributed by atoms with E-state index in [4.69, 9.17) is 16.6 Å². The van der Waals surface area contributed by atoms with Crippen molar-refractivity contribution in [3.05, 3.63) is 83.3 Å². The highest BCUT2D eigenvalue weighted by molar-refractivity contribution is 6.36. The molecule has 0 unspecified atom stereocenters. The molecule has 278 valence electrons. The van der Waals surface area contributed by atoms with Crippen LogP contribution in [-0.4, -0.2) is 83.7 Å². The molecule has 0 atom stereocenters. The van der Waals surface area contributed by atoms with Crippen LogP contribution in [0.15, 0.2) is 67.1 Å². The summed E-state index contributed by atoms with van der Waals surface area (Å²) in [7, 11) is 0. The van der Waals surface area contributed by atoms with Crippen LogP contribution in [0, 0.1) is 17.2 Å². The van der Waals surface area contributed by atoms with E-state index >= 15 is 0 Å². The lowest BCUT2D eigenvalue weighted by Crippen LogP contribution is -2.49. The van der Waals surface area contributed by atoms with Gasteiger partial charge in [-0.1, -0.05) is 23.7 Å². The number of urea groups is 1. The third-order valence-corrected chi connectivity index (χ3v) is 12.8. The number of H-pyrrole nitrogens is 1. The zero-order valence-corrected chi connectivity index (χ0v) is 31.3. The first-order valence-corrected chi connectivity index (χ1v) is 19.9. The third kappa shape index (κ3) is 6.56. The number of carbonyl (C=O) groups is 2. The van der Waals surface area contributed by atoms with Gasteiger partial charge in [0, 0.05) is 94.2 Å². The molecule has 0 radical (unpaired) electrons. The number of benzene rings is 2. The molecular weight excluding hydrogens is 698 g/mol. The molecule has 4 fully saturated rings. The maximum atomic E-state index is 12.6. The van der Waals surface area contributed by atoms with E-state index in [0.29, 0.717) is 41.4 Å². The average Bonchev–Trinajstić information content (AvgIpc) is 3.85. The van der Waals surface area contributed by atoms with Crippen molar-refractivity contribution in [2.24, 2.45) is 5.92 Å². The smallest absolute Gasteiger partial charge is 0.328 e. The van der Waals surface area contributed by atoms with Crippen molar-refractivity contribution in [3.63, 3.8) is 0 Å². The Morgan fingerprint density at radius 2 is 1.65 bits per heavy atom. The zero-order chi connectivity index (χ0) is 36.8. The van der Waals surface area contributed by atoms with Crippen molar-refractivity contribution in [3.8, 4) is 6.07 Å². The Balaban J connectivity index is 0.744. The van der Waals surface area contributed by atoms with E-state index < -0.39 is 0 Å². The molecule has 0 spiro atoms. The number of nitrogens with one attached hydrogen (secondary N) is 2. The summed E-state index contributed by atoms with van der Waals surface area (Å²) in [5, 5.41) is 14.5. The number of anilines is 3. The zero-order valence-electron chi connectivity index (χ0n) is 30.5. The Kier molecular flexibility index (Phi) is 9.41. The fourth-order valence-electron chi connectivity index (χ4n) is 9.43. The quantitative estimate of drug-likeness (QED) is 0.178. The van der Waals surface area contributed by atoms with Crippen LogP contribution in [0.5, 0.6) is 0 Å². The number of hydrogen-bond acceptors (Lipinski definition) is 7. The number of nitriles is 1. The normalized spacial score (nSPS) is 19.9. The summed E-state index contributed by atoms with van der Waals surface area (Å²) < 4.78 is 2.40. The molecule has 3 aromatic heterocycles. The van der Waals surface area contributed by atoms with E-state index in [2.05, 4.69) is 78.4 Å². The molecule has 4 saturated heterocycles. The standard InChI is InChI=1S/C42H46ClN9O2/c43-34-5-6-37(41-40(34)31(24-44)26-46-41)49-20-10-29(11-21-49)30-4-7-38(45-25-30)50-18-8-28(9-19-50)27-48-16-12-32(13-17-48)51-22-14-33-35(51)2-1-3-36(33)52-23-15-39(53)47-42(52)54/h1-7,14,22,25-26,28-29,32,46H,8-13,15-21,23,27H2,(H,47,53,54). The molecule has 5 aromatic rings. The SMILES string of the molecule is N#Cc1c[nH]c2c(N3CCC(c4ccc(N5CCC(CN6CCC(n7ccc8c(N9CCC(=O)NC9=O)cccc87)CC6)CC5)nc4)CC3)ccc(Cl)c12. The largest absolute Gasteiger partial charge is 0.370 e. The summed E-state index contributed by atoms with van der Waals surface area (Å²) in [4.78, 5) is 41.7. The van der Waals surface area contributed by atoms with Gasteiger partial charge in [-0.2, -0.15) is 5.26 Å². The molecule has 2 aromatic carbocycles. The van der Waals surface area contributed by atoms with E-state index in [9.17, 15) is 14.9 Å². The lowest BCUT2D eigenvalue weighted by atomic mass is 9.90. The highest BCUT2D eigenvalue weighted by Gasteiger charge is 2.29. The Bertz CT molecular complexity index is 2220. The topological polar surface area (TPSA) is 117 Å². The van der Waals surface area contributed by atoms with E-state index in [1.807, 2.05) is 18.2 Å². The van der Waals surface area contributed by atoms with Gasteiger partial charge in [-0.25, -0.2) is 9.78 Å². The van der Waals surface area contributed by atoms with Crippen LogP contribution in [-0.2, 0) is 4.79 Å². The number of halogens is 1. The van der Waals surface area contributed by atoms with Crippen molar-refractivity contribution in [1.29, 1.82) is 5.26 Å². The maximum Gasteiger partial charge on any atom is 0.328 e. The van der Waals surface area contributed by atoms with Gasteiger partial charge in [-0.15, -0.1) is 0 Å². The number of fused-ring (bicyclic) bond motifs is 2.